The molecule has 0 spiro atoms. The maximum Gasteiger partial charge on any atom is 0.128 e. The lowest BCUT2D eigenvalue weighted by Crippen LogP contribution is -1.99. The predicted octanol–water partition coefficient (Wildman–Crippen LogP) is 4.25. The average Bonchev–Trinajstić information content (AvgIpc) is 2.41. The highest BCUT2D eigenvalue weighted by Crippen LogP contribution is 2.27. The summed E-state index contributed by atoms with van der Waals surface area (Å²) < 4.78 is 19.1. The Morgan fingerprint density at radius 1 is 1.25 bits per heavy atom. The summed E-state index contributed by atoms with van der Waals surface area (Å²) >= 11 is 0. The van der Waals surface area contributed by atoms with Gasteiger partial charge in [0.1, 0.15) is 11.6 Å². The van der Waals surface area contributed by atoms with Gasteiger partial charge < -0.3 is 15.8 Å². The fourth-order valence-corrected chi connectivity index (χ4v) is 1.90. The standard InChI is InChI=1S/C16H19FN2O/c1-3-7-20-14-9-12(18)8-13(10-14)19-16-6-4-5-15(17)11(16)2/h4-6,8-10,19H,3,7,18H2,1-2H3. The first-order chi connectivity index (χ1) is 9.60. The average molecular weight is 274 g/mol. The van der Waals surface area contributed by atoms with E-state index in [9.17, 15) is 4.39 Å². The van der Waals surface area contributed by atoms with Crippen LogP contribution in [0.4, 0.5) is 21.5 Å². The minimum atomic E-state index is -0.235. The lowest BCUT2D eigenvalue weighted by molar-refractivity contribution is 0.318. The molecule has 0 aromatic heterocycles. The normalized spacial score (nSPS) is 10.3. The van der Waals surface area contributed by atoms with Crippen LogP contribution in [0.2, 0.25) is 0 Å². The number of nitrogen functional groups attached to an aromatic ring is 1. The topological polar surface area (TPSA) is 47.3 Å². The van der Waals surface area contributed by atoms with Crippen LogP contribution in [-0.2, 0) is 0 Å². The summed E-state index contributed by atoms with van der Waals surface area (Å²) in [5, 5.41) is 3.17. The van der Waals surface area contributed by atoms with Crippen molar-refractivity contribution in [1.82, 2.24) is 0 Å². The molecule has 106 valence electrons. The number of rotatable bonds is 5. The number of hydrogen-bond donors (Lipinski definition) is 2. The minimum Gasteiger partial charge on any atom is -0.493 e. The van der Waals surface area contributed by atoms with E-state index in [-0.39, 0.29) is 5.82 Å². The second-order valence-electron chi connectivity index (χ2n) is 4.68. The number of hydrogen-bond acceptors (Lipinski definition) is 3. The van der Waals surface area contributed by atoms with Gasteiger partial charge in [0, 0.05) is 34.8 Å². The zero-order chi connectivity index (χ0) is 14.5. The zero-order valence-corrected chi connectivity index (χ0v) is 11.7. The highest BCUT2D eigenvalue weighted by Gasteiger charge is 2.05. The van der Waals surface area contributed by atoms with Gasteiger partial charge in [0.05, 0.1) is 6.61 Å². The number of benzene rings is 2. The Balaban J connectivity index is 2.24. The van der Waals surface area contributed by atoms with Crippen LogP contribution >= 0.6 is 0 Å². The Hall–Kier alpha value is -2.23. The summed E-state index contributed by atoms with van der Waals surface area (Å²) in [5.74, 6) is 0.477. The summed E-state index contributed by atoms with van der Waals surface area (Å²) in [7, 11) is 0. The fraction of sp³-hybridized carbons (Fsp3) is 0.250. The van der Waals surface area contributed by atoms with E-state index in [2.05, 4.69) is 5.32 Å². The molecule has 0 unspecified atom stereocenters. The highest BCUT2D eigenvalue weighted by molar-refractivity contribution is 5.68. The lowest BCUT2D eigenvalue weighted by Gasteiger charge is -2.13. The van der Waals surface area contributed by atoms with Gasteiger partial charge >= 0.3 is 0 Å². The van der Waals surface area contributed by atoms with E-state index in [1.165, 1.54) is 6.07 Å². The zero-order valence-electron chi connectivity index (χ0n) is 11.7. The Labute approximate surface area is 118 Å². The molecule has 0 atom stereocenters. The van der Waals surface area contributed by atoms with E-state index in [0.29, 0.717) is 23.6 Å². The second kappa shape index (κ2) is 6.28. The molecule has 2 rings (SSSR count). The number of nitrogens with one attached hydrogen (secondary N) is 1. The molecular weight excluding hydrogens is 255 g/mol. The maximum absolute atomic E-state index is 13.5. The summed E-state index contributed by atoms with van der Waals surface area (Å²) in [6.45, 7) is 4.42. The SMILES string of the molecule is CCCOc1cc(N)cc(Nc2cccc(F)c2C)c1. The Morgan fingerprint density at radius 2 is 2.05 bits per heavy atom. The molecule has 0 aliphatic heterocycles. The van der Waals surface area contributed by atoms with Crippen molar-refractivity contribution in [3.63, 3.8) is 0 Å². The minimum absolute atomic E-state index is 0.235. The molecule has 20 heavy (non-hydrogen) atoms. The molecule has 0 amide bonds. The first-order valence-corrected chi connectivity index (χ1v) is 6.65. The van der Waals surface area contributed by atoms with Crippen molar-refractivity contribution < 1.29 is 9.13 Å². The quantitative estimate of drug-likeness (QED) is 0.801. The predicted molar refractivity (Wildman–Crippen MR) is 81.1 cm³/mol. The van der Waals surface area contributed by atoms with Crippen molar-refractivity contribution >= 4 is 17.1 Å². The van der Waals surface area contributed by atoms with Crippen LogP contribution in [0, 0.1) is 12.7 Å². The first-order valence-electron chi connectivity index (χ1n) is 6.65. The van der Waals surface area contributed by atoms with Crippen molar-refractivity contribution in [2.45, 2.75) is 20.3 Å². The van der Waals surface area contributed by atoms with E-state index in [1.807, 2.05) is 19.1 Å². The van der Waals surface area contributed by atoms with Crippen LogP contribution < -0.4 is 15.8 Å². The van der Waals surface area contributed by atoms with Crippen LogP contribution in [0.25, 0.3) is 0 Å². The fourth-order valence-electron chi connectivity index (χ4n) is 1.90. The van der Waals surface area contributed by atoms with Crippen molar-refractivity contribution in [1.29, 1.82) is 0 Å². The Morgan fingerprint density at radius 3 is 2.80 bits per heavy atom. The van der Waals surface area contributed by atoms with E-state index in [0.717, 1.165) is 17.8 Å². The van der Waals surface area contributed by atoms with Crippen molar-refractivity contribution in [3.8, 4) is 5.75 Å². The summed E-state index contributed by atoms with van der Waals surface area (Å²) in [4.78, 5) is 0. The number of ether oxygens (including phenoxy) is 1. The number of halogens is 1. The van der Waals surface area contributed by atoms with E-state index >= 15 is 0 Å². The van der Waals surface area contributed by atoms with Gasteiger partial charge in [-0.2, -0.15) is 0 Å². The molecule has 0 heterocycles. The third kappa shape index (κ3) is 3.41. The van der Waals surface area contributed by atoms with Gasteiger partial charge in [0.2, 0.25) is 0 Å². The van der Waals surface area contributed by atoms with E-state index in [1.54, 1.807) is 25.1 Å². The molecule has 0 saturated heterocycles. The van der Waals surface area contributed by atoms with Gasteiger partial charge in [-0.05, 0) is 31.5 Å². The number of nitrogens with two attached hydrogens (primary N) is 1. The first kappa shape index (κ1) is 14.2. The summed E-state index contributed by atoms with van der Waals surface area (Å²) in [6, 6.07) is 10.4. The molecule has 0 aliphatic rings. The van der Waals surface area contributed by atoms with Crippen molar-refractivity contribution in [3.05, 3.63) is 47.8 Å². The molecule has 0 bridgehead atoms. The van der Waals surface area contributed by atoms with Gasteiger partial charge in [0.15, 0.2) is 0 Å². The van der Waals surface area contributed by atoms with Crippen LogP contribution in [-0.4, -0.2) is 6.61 Å². The summed E-state index contributed by atoms with van der Waals surface area (Å²) in [5.41, 5.74) is 8.54. The highest BCUT2D eigenvalue weighted by atomic mass is 19.1. The molecule has 0 saturated carbocycles. The third-order valence-corrected chi connectivity index (χ3v) is 2.95. The van der Waals surface area contributed by atoms with Crippen molar-refractivity contribution in [2.24, 2.45) is 0 Å². The molecule has 0 fully saturated rings. The van der Waals surface area contributed by atoms with E-state index in [4.69, 9.17) is 10.5 Å². The second-order valence-corrected chi connectivity index (χ2v) is 4.68. The monoisotopic (exact) mass is 274 g/mol. The van der Waals surface area contributed by atoms with Crippen LogP contribution in [0.15, 0.2) is 36.4 Å². The third-order valence-electron chi connectivity index (χ3n) is 2.95. The molecule has 2 aromatic rings. The maximum atomic E-state index is 13.5. The molecule has 0 aliphatic carbocycles. The van der Waals surface area contributed by atoms with Gasteiger partial charge in [-0.3, -0.25) is 0 Å². The number of anilines is 3. The summed E-state index contributed by atoms with van der Waals surface area (Å²) in [6.07, 6.45) is 0.931. The van der Waals surface area contributed by atoms with Crippen LogP contribution in [0.5, 0.6) is 5.75 Å². The van der Waals surface area contributed by atoms with Crippen LogP contribution in [0.1, 0.15) is 18.9 Å². The van der Waals surface area contributed by atoms with E-state index < -0.39 is 0 Å². The molecule has 2 aromatic carbocycles. The Bertz CT molecular complexity index is 599. The van der Waals surface area contributed by atoms with Gasteiger partial charge in [-0.15, -0.1) is 0 Å². The van der Waals surface area contributed by atoms with Gasteiger partial charge in [-0.1, -0.05) is 13.0 Å². The smallest absolute Gasteiger partial charge is 0.128 e. The molecule has 3 nitrogen and oxygen atoms in total. The van der Waals surface area contributed by atoms with Crippen molar-refractivity contribution in [2.75, 3.05) is 17.7 Å². The molecule has 4 heteroatoms. The molecular formula is C16H19FN2O. The lowest BCUT2D eigenvalue weighted by atomic mass is 10.1. The van der Waals surface area contributed by atoms with Gasteiger partial charge in [-0.25, -0.2) is 4.39 Å². The van der Waals surface area contributed by atoms with Crippen LogP contribution in [0.3, 0.4) is 0 Å². The largest absolute Gasteiger partial charge is 0.493 e. The van der Waals surface area contributed by atoms with Gasteiger partial charge in [0.25, 0.3) is 0 Å². The molecule has 0 radical (unpaired) electrons. The Kier molecular flexibility index (Phi) is 4.45. The molecule has 3 N–H and O–H groups in total.